The summed E-state index contributed by atoms with van der Waals surface area (Å²) in [5, 5.41) is 10.3. The molecule has 0 spiro atoms. The molecule has 0 fully saturated rings. The predicted octanol–water partition coefficient (Wildman–Crippen LogP) is 4.48. The number of halogens is 2. The SMILES string of the molecule is Cc1ccc(C(O)Cc2cc(F)ccc2Br)cc1C. The molecule has 0 aliphatic carbocycles. The largest absolute Gasteiger partial charge is 0.388 e. The Bertz CT molecular complexity index is 595. The maximum absolute atomic E-state index is 13.2. The Morgan fingerprint density at radius 2 is 1.84 bits per heavy atom. The average molecular weight is 323 g/mol. The zero-order chi connectivity index (χ0) is 14.0. The molecule has 0 aromatic heterocycles. The highest BCUT2D eigenvalue weighted by Crippen LogP contribution is 2.25. The molecule has 0 bridgehead atoms. The minimum Gasteiger partial charge on any atom is -0.388 e. The fourth-order valence-electron chi connectivity index (χ4n) is 2.00. The lowest BCUT2D eigenvalue weighted by Crippen LogP contribution is -2.03. The first-order valence-electron chi connectivity index (χ1n) is 6.16. The molecule has 100 valence electrons. The van der Waals surface area contributed by atoms with E-state index in [9.17, 15) is 9.50 Å². The molecule has 2 rings (SSSR count). The number of aliphatic hydroxyl groups is 1. The highest BCUT2D eigenvalue weighted by Gasteiger charge is 2.12. The summed E-state index contributed by atoms with van der Waals surface area (Å²) in [4.78, 5) is 0. The molecule has 0 saturated carbocycles. The van der Waals surface area contributed by atoms with Gasteiger partial charge in [0.15, 0.2) is 0 Å². The maximum Gasteiger partial charge on any atom is 0.123 e. The van der Waals surface area contributed by atoms with E-state index in [2.05, 4.69) is 15.9 Å². The van der Waals surface area contributed by atoms with Crippen molar-refractivity contribution < 1.29 is 9.50 Å². The molecule has 0 radical (unpaired) electrons. The van der Waals surface area contributed by atoms with E-state index in [0.29, 0.717) is 6.42 Å². The van der Waals surface area contributed by atoms with Gasteiger partial charge in [-0.05, 0) is 54.3 Å². The van der Waals surface area contributed by atoms with Gasteiger partial charge in [0.25, 0.3) is 0 Å². The molecule has 3 heteroatoms. The first-order valence-corrected chi connectivity index (χ1v) is 6.96. The van der Waals surface area contributed by atoms with Crippen LogP contribution >= 0.6 is 15.9 Å². The lowest BCUT2D eigenvalue weighted by Gasteiger charge is -2.14. The standard InChI is InChI=1S/C16H16BrFO/c1-10-3-4-12(7-11(10)2)16(19)9-13-8-14(18)5-6-15(13)17/h3-8,16,19H,9H2,1-2H3. The van der Waals surface area contributed by atoms with Gasteiger partial charge >= 0.3 is 0 Å². The van der Waals surface area contributed by atoms with E-state index >= 15 is 0 Å². The monoisotopic (exact) mass is 322 g/mol. The summed E-state index contributed by atoms with van der Waals surface area (Å²) in [6, 6.07) is 10.4. The van der Waals surface area contributed by atoms with Crippen molar-refractivity contribution in [3.8, 4) is 0 Å². The molecule has 0 heterocycles. The Kier molecular flexibility index (Phi) is 4.38. The third-order valence-electron chi connectivity index (χ3n) is 3.34. The van der Waals surface area contributed by atoms with Crippen LogP contribution in [0.4, 0.5) is 4.39 Å². The Balaban J connectivity index is 2.22. The third-order valence-corrected chi connectivity index (χ3v) is 4.11. The fraction of sp³-hybridized carbons (Fsp3) is 0.250. The van der Waals surface area contributed by atoms with Gasteiger partial charge in [0.1, 0.15) is 5.82 Å². The van der Waals surface area contributed by atoms with Crippen molar-refractivity contribution >= 4 is 15.9 Å². The number of benzene rings is 2. The van der Waals surface area contributed by atoms with Crippen LogP contribution in [-0.4, -0.2) is 5.11 Å². The summed E-state index contributed by atoms with van der Waals surface area (Å²) in [6.45, 7) is 4.05. The number of hydrogen-bond acceptors (Lipinski definition) is 1. The van der Waals surface area contributed by atoms with Gasteiger partial charge in [-0.3, -0.25) is 0 Å². The summed E-state index contributed by atoms with van der Waals surface area (Å²) in [5.41, 5.74) is 3.97. The second-order valence-electron chi connectivity index (χ2n) is 4.80. The van der Waals surface area contributed by atoms with Crippen molar-refractivity contribution in [3.63, 3.8) is 0 Å². The third kappa shape index (κ3) is 3.43. The Labute approximate surface area is 121 Å². The Hall–Kier alpha value is -1.19. The van der Waals surface area contributed by atoms with Crippen LogP contribution in [0.3, 0.4) is 0 Å². The first-order chi connectivity index (χ1) is 8.97. The van der Waals surface area contributed by atoms with E-state index in [1.807, 2.05) is 32.0 Å². The van der Waals surface area contributed by atoms with Crippen LogP contribution in [0.1, 0.15) is 28.4 Å². The van der Waals surface area contributed by atoms with Gasteiger partial charge in [-0.25, -0.2) is 4.39 Å². The summed E-state index contributed by atoms with van der Waals surface area (Å²) >= 11 is 3.38. The van der Waals surface area contributed by atoms with Gasteiger partial charge in [0, 0.05) is 10.9 Å². The van der Waals surface area contributed by atoms with Crippen molar-refractivity contribution in [2.24, 2.45) is 0 Å². The average Bonchev–Trinajstić information content (AvgIpc) is 2.37. The van der Waals surface area contributed by atoms with Crippen LogP contribution in [0.2, 0.25) is 0 Å². The summed E-state index contributed by atoms with van der Waals surface area (Å²) in [5.74, 6) is -0.287. The van der Waals surface area contributed by atoms with E-state index in [1.165, 1.54) is 17.7 Å². The molecule has 2 aromatic carbocycles. The van der Waals surface area contributed by atoms with Crippen LogP contribution in [-0.2, 0) is 6.42 Å². The molecule has 0 saturated heterocycles. The highest BCUT2D eigenvalue weighted by atomic mass is 79.9. The summed E-state index contributed by atoms with van der Waals surface area (Å²) in [6.07, 6.45) is -0.238. The van der Waals surface area contributed by atoms with Crippen LogP contribution in [0.25, 0.3) is 0 Å². The molecule has 19 heavy (non-hydrogen) atoms. The van der Waals surface area contributed by atoms with E-state index in [0.717, 1.165) is 21.2 Å². The van der Waals surface area contributed by atoms with Crippen molar-refractivity contribution in [3.05, 3.63) is 68.9 Å². The molecule has 1 unspecified atom stereocenters. The van der Waals surface area contributed by atoms with Crippen molar-refractivity contribution in [1.82, 2.24) is 0 Å². The number of rotatable bonds is 3. The predicted molar refractivity (Wildman–Crippen MR) is 78.7 cm³/mol. The smallest absolute Gasteiger partial charge is 0.123 e. The highest BCUT2D eigenvalue weighted by molar-refractivity contribution is 9.10. The van der Waals surface area contributed by atoms with Gasteiger partial charge < -0.3 is 5.11 Å². The normalized spacial score (nSPS) is 12.5. The Morgan fingerprint density at radius 1 is 1.11 bits per heavy atom. The van der Waals surface area contributed by atoms with E-state index < -0.39 is 6.10 Å². The number of hydrogen-bond donors (Lipinski definition) is 1. The van der Waals surface area contributed by atoms with Crippen LogP contribution in [0.5, 0.6) is 0 Å². The zero-order valence-electron chi connectivity index (χ0n) is 11.0. The summed E-state index contributed by atoms with van der Waals surface area (Å²) < 4.78 is 14.0. The zero-order valence-corrected chi connectivity index (χ0v) is 12.5. The lowest BCUT2D eigenvalue weighted by molar-refractivity contribution is 0.178. The van der Waals surface area contributed by atoms with E-state index in [-0.39, 0.29) is 5.82 Å². The second kappa shape index (κ2) is 5.85. The molecule has 1 nitrogen and oxygen atoms in total. The minimum atomic E-state index is -0.627. The molecule has 2 aromatic rings. The van der Waals surface area contributed by atoms with Crippen molar-refractivity contribution in [2.45, 2.75) is 26.4 Å². The second-order valence-corrected chi connectivity index (χ2v) is 5.65. The quantitative estimate of drug-likeness (QED) is 0.883. The molecular weight excluding hydrogens is 307 g/mol. The van der Waals surface area contributed by atoms with Crippen LogP contribution < -0.4 is 0 Å². The van der Waals surface area contributed by atoms with Gasteiger partial charge in [0.05, 0.1) is 6.10 Å². The van der Waals surface area contributed by atoms with E-state index in [1.54, 1.807) is 6.07 Å². The maximum atomic E-state index is 13.2. The van der Waals surface area contributed by atoms with Crippen molar-refractivity contribution in [1.29, 1.82) is 0 Å². The molecule has 0 aliphatic rings. The van der Waals surface area contributed by atoms with Crippen LogP contribution in [0.15, 0.2) is 40.9 Å². The number of aliphatic hydroxyl groups excluding tert-OH is 1. The van der Waals surface area contributed by atoms with Gasteiger partial charge in [-0.15, -0.1) is 0 Å². The van der Waals surface area contributed by atoms with Gasteiger partial charge in [-0.1, -0.05) is 34.1 Å². The summed E-state index contributed by atoms with van der Waals surface area (Å²) in [7, 11) is 0. The molecule has 1 N–H and O–H groups in total. The molecular formula is C16H16BrFO. The minimum absolute atomic E-state index is 0.287. The number of aryl methyl sites for hydroxylation is 2. The van der Waals surface area contributed by atoms with Crippen LogP contribution in [0, 0.1) is 19.7 Å². The van der Waals surface area contributed by atoms with Crippen molar-refractivity contribution in [2.75, 3.05) is 0 Å². The fourth-order valence-corrected chi connectivity index (χ4v) is 2.41. The van der Waals surface area contributed by atoms with Gasteiger partial charge in [-0.2, -0.15) is 0 Å². The van der Waals surface area contributed by atoms with Gasteiger partial charge in [0.2, 0.25) is 0 Å². The van der Waals surface area contributed by atoms with E-state index in [4.69, 9.17) is 0 Å². The topological polar surface area (TPSA) is 20.2 Å². The first kappa shape index (κ1) is 14.2. The molecule has 1 atom stereocenters. The molecule has 0 aliphatic heterocycles. The lowest BCUT2D eigenvalue weighted by atomic mass is 9.98. The Morgan fingerprint density at radius 3 is 2.53 bits per heavy atom. The molecule has 0 amide bonds.